The number of carbonyl (C=O) groups is 2. The molecule has 172 valence electrons. The molecule has 0 bridgehead atoms. The lowest BCUT2D eigenvalue weighted by Crippen LogP contribution is -2.32. The van der Waals surface area contributed by atoms with Crippen LogP contribution in [0.5, 0.6) is 0 Å². The highest BCUT2D eigenvalue weighted by Crippen LogP contribution is 2.28. The van der Waals surface area contributed by atoms with E-state index in [1.54, 1.807) is 37.3 Å². The number of thiazole rings is 1. The summed E-state index contributed by atoms with van der Waals surface area (Å²) in [4.78, 5) is 28.2. The fourth-order valence-electron chi connectivity index (χ4n) is 2.95. The van der Waals surface area contributed by atoms with Crippen molar-refractivity contribution in [2.45, 2.75) is 13.3 Å². The Morgan fingerprint density at radius 1 is 1.12 bits per heavy atom. The molecule has 4 aromatic rings. The van der Waals surface area contributed by atoms with E-state index in [0.29, 0.717) is 33.8 Å². The number of benzene rings is 2. The molecule has 2 aromatic heterocycles. The molecule has 0 aliphatic heterocycles. The van der Waals surface area contributed by atoms with E-state index >= 15 is 0 Å². The number of nitrogens with one attached hydrogen (secondary N) is 3. The third-order valence-electron chi connectivity index (χ3n) is 4.60. The number of hydrogen-bond acceptors (Lipinski definition) is 6. The SMILES string of the molecule is CCC(=O)Nc1nc2ccc(NC(=S)NC(=O)/C=C/c3ccc(-c4ccc(Cl)cc4)o3)cc2s1. The van der Waals surface area contributed by atoms with Gasteiger partial charge in [-0.05, 0) is 72.9 Å². The van der Waals surface area contributed by atoms with Crippen molar-refractivity contribution in [2.24, 2.45) is 0 Å². The number of nitrogens with zero attached hydrogens (tertiary/aromatic N) is 1. The summed E-state index contributed by atoms with van der Waals surface area (Å²) in [7, 11) is 0. The Balaban J connectivity index is 1.33. The fraction of sp³-hybridized carbons (Fsp3) is 0.0833. The third kappa shape index (κ3) is 6.07. The zero-order valence-corrected chi connectivity index (χ0v) is 20.3. The molecule has 7 nitrogen and oxygen atoms in total. The van der Waals surface area contributed by atoms with Crippen molar-refractivity contribution in [2.75, 3.05) is 10.6 Å². The molecule has 3 N–H and O–H groups in total. The predicted octanol–water partition coefficient (Wildman–Crippen LogP) is 6.08. The van der Waals surface area contributed by atoms with Gasteiger partial charge in [-0.15, -0.1) is 0 Å². The minimum Gasteiger partial charge on any atom is -0.457 e. The van der Waals surface area contributed by atoms with Gasteiger partial charge in [0.2, 0.25) is 11.8 Å². The number of fused-ring (bicyclic) bond motifs is 1. The first kappa shape index (κ1) is 23.6. The number of thiocarbonyl (C=S) groups is 1. The minimum atomic E-state index is -0.398. The van der Waals surface area contributed by atoms with Crippen LogP contribution in [0.3, 0.4) is 0 Å². The zero-order chi connectivity index (χ0) is 24.1. The average Bonchev–Trinajstić information content (AvgIpc) is 3.44. The molecule has 0 aliphatic rings. The van der Waals surface area contributed by atoms with E-state index in [1.165, 1.54) is 17.4 Å². The molecule has 2 aromatic carbocycles. The van der Waals surface area contributed by atoms with E-state index in [9.17, 15) is 9.59 Å². The summed E-state index contributed by atoms with van der Waals surface area (Å²) >= 11 is 12.5. The summed E-state index contributed by atoms with van der Waals surface area (Å²) in [6.45, 7) is 1.78. The van der Waals surface area contributed by atoms with E-state index in [1.807, 2.05) is 30.3 Å². The lowest BCUT2D eigenvalue weighted by atomic mass is 10.2. The third-order valence-corrected chi connectivity index (χ3v) is 5.99. The highest BCUT2D eigenvalue weighted by Gasteiger charge is 2.09. The van der Waals surface area contributed by atoms with Gasteiger partial charge < -0.3 is 15.1 Å². The van der Waals surface area contributed by atoms with Gasteiger partial charge in [0.15, 0.2) is 10.2 Å². The zero-order valence-electron chi connectivity index (χ0n) is 17.9. The van der Waals surface area contributed by atoms with Crippen molar-refractivity contribution < 1.29 is 14.0 Å². The number of hydrogen-bond donors (Lipinski definition) is 3. The Hall–Kier alpha value is -3.53. The van der Waals surface area contributed by atoms with Crippen LogP contribution >= 0.6 is 35.2 Å². The molecule has 0 atom stereocenters. The van der Waals surface area contributed by atoms with Gasteiger partial charge in [-0.25, -0.2) is 4.98 Å². The second-order valence-corrected chi connectivity index (χ2v) is 8.96. The first-order chi connectivity index (χ1) is 16.4. The molecule has 34 heavy (non-hydrogen) atoms. The van der Waals surface area contributed by atoms with Crippen molar-refractivity contribution in [3.63, 3.8) is 0 Å². The maximum absolute atomic E-state index is 12.2. The molecule has 0 aliphatic carbocycles. The van der Waals surface area contributed by atoms with Crippen LogP contribution in [0.1, 0.15) is 19.1 Å². The van der Waals surface area contributed by atoms with Gasteiger partial charge in [0, 0.05) is 28.8 Å². The van der Waals surface area contributed by atoms with Crippen LogP contribution in [-0.4, -0.2) is 21.9 Å². The van der Waals surface area contributed by atoms with Gasteiger partial charge in [0.25, 0.3) is 0 Å². The van der Waals surface area contributed by atoms with Crippen molar-refractivity contribution >= 4 is 79.2 Å². The number of furan rings is 1. The topological polar surface area (TPSA) is 96.3 Å². The normalized spacial score (nSPS) is 11.0. The van der Waals surface area contributed by atoms with Crippen LogP contribution in [0.2, 0.25) is 5.02 Å². The lowest BCUT2D eigenvalue weighted by Gasteiger charge is -2.07. The number of halogens is 1. The van der Waals surface area contributed by atoms with Gasteiger partial charge in [-0.1, -0.05) is 29.9 Å². The van der Waals surface area contributed by atoms with Gasteiger partial charge >= 0.3 is 0 Å². The van der Waals surface area contributed by atoms with Crippen molar-refractivity contribution in [3.8, 4) is 11.3 Å². The molecular formula is C24H19ClN4O3S2. The molecule has 2 amide bonds. The van der Waals surface area contributed by atoms with Gasteiger partial charge in [-0.2, -0.15) is 0 Å². The van der Waals surface area contributed by atoms with Crippen molar-refractivity contribution in [1.82, 2.24) is 10.3 Å². The maximum Gasteiger partial charge on any atom is 0.250 e. The largest absolute Gasteiger partial charge is 0.457 e. The smallest absolute Gasteiger partial charge is 0.250 e. The van der Waals surface area contributed by atoms with Gasteiger partial charge in [-0.3, -0.25) is 14.9 Å². The Morgan fingerprint density at radius 3 is 2.68 bits per heavy atom. The predicted molar refractivity (Wildman–Crippen MR) is 141 cm³/mol. The number of amides is 2. The number of carbonyl (C=O) groups excluding carboxylic acids is 2. The second-order valence-electron chi connectivity index (χ2n) is 7.09. The van der Waals surface area contributed by atoms with E-state index in [2.05, 4.69) is 20.9 Å². The number of rotatable bonds is 6. The molecule has 4 rings (SSSR count). The highest BCUT2D eigenvalue weighted by atomic mass is 35.5. The van der Waals surface area contributed by atoms with E-state index in [-0.39, 0.29) is 11.0 Å². The standard InChI is InChI=1S/C24H19ClN4O3S2/c1-2-21(30)29-24-27-18-10-7-16(13-20(18)34-24)26-23(33)28-22(31)12-9-17-8-11-19(32-17)14-3-5-15(25)6-4-14/h3-13H,2H2,1H3,(H,27,29,30)(H2,26,28,31,33)/b12-9+. The van der Waals surface area contributed by atoms with Crippen molar-refractivity contribution in [3.05, 3.63) is 71.5 Å². The number of aromatic nitrogens is 1. The Bertz CT molecular complexity index is 1390. The summed E-state index contributed by atoms with van der Waals surface area (Å²) in [6, 6.07) is 16.3. The maximum atomic E-state index is 12.2. The second kappa shape index (κ2) is 10.6. The fourth-order valence-corrected chi connectivity index (χ4v) is 4.21. The van der Waals surface area contributed by atoms with Gasteiger partial charge in [0.1, 0.15) is 11.5 Å². The summed E-state index contributed by atoms with van der Waals surface area (Å²) < 4.78 is 6.62. The van der Waals surface area contributed by atoms with Crippen LogP contribution in [0.4, 0.5) is 10.8 Å². The lowest BCUT2D eigenvalue weighted by molar-refractivity contribution is -0.116. The van der Waals surface area contributed by atoms with Crippen LogP contribution in [0.15, 0.2) is 65.1 Å². The number of anilines is 2. The highest BCUT2D eigenvalue weighted by molar-refractivity contribution is 7.80. The molecule has 0 saturated carbocycles. The molecule has 0 spiro atoms. The summed E-state index contributed by atoms with van der Waals surface area (Å²) in [5.41, 5.74) is 2.34. The first-order valence-corrected chi connectivity index (χ1v) is 11.9. The Morgan fingerprint density at radius 2 is 1.91 bits per heavy atom. The minimum absolute atomic E-state index is 0.0925. The van der Waals surface area contributed by atoms with E-state index in [0.717, 1.165) is 15.8 Å². The quantitative estimate of drug-likeness (QED) is 0.215. The first-order valence-electron chi connectivity index (χ1n) is 10.3. The van der Waals surface area contributed by atoms with Crippen LogP contribution < -0.4 is 16.0 Å². The Kier molecular flexibility index (Phi) is 7.36. The van der Waals surface area contributed by atoms with Crippen LogP contribution in [0, 0.1) is 0 Å². The molecule has 0 radical (unpaired) electrons. The van der Waals surface area contributed by atoms with Crippen LogP contribution in [0.25, 0.3) is 27.6 Å². The van der Waals surface area contributed by atoms with E-state index in [4.69, 9.17) is 28.2 Å². The van der Waals surface area contributed by atoms with E-state index < -0.39 is 5.91 Å². The molecular weight excluding hydrogens is 492 g/mol. The van der Waals surface area contributed by atoms with Crippen molar-refractivity contribution in [1.29, 1.82) is 0 Å². The van der Waals surface area contributed by atoms with Crippen LogP contribution in [-0.2, 0) is 9.59 Å². The Labute approximate surface area is 209 Å². The molecule has 2 heterocycles. The molecule has 10 heteroatoms. The monoisotopic (exact) mass is 510 g/mol. The molecule has 0 unspecified atom stereocenters. The van der Waals surface area contributed by atoms with Gasteiger partial charge in [0.05, 0.1) is 10.2 Å². The molecule has 0 saturated heterocycles. The summed E-state index contributed by atoms with van der Waals surface area (Å²) in [6.07, 6.45) is 3.29. The molecule has 0 fully saturated rings. The average molecular weight is 511 g/mol. The summed E-state index contributed by atoms with van der Waals surface area (Å²) in [5, 5.41) is 9.67. The summed E-state index contributed by atoms with van der Waals surface area (Å²) in [5.74, 6) is 0.709.